The highest BCUT2D eigenvalue weighted by molar-refractivity contribution is 9.10. The van der Waals surface area contributed by atoms with Crippen molar-refractivity contribution in [1.29, 1.82) is 0 Å². The molecule has 3 rings (SSSR count). The van der Waals surface area contributed by atoms with Gasteiger partial charge in [-0.15, -0.1) is 0 Å². The molecule has 0 saturated heterocycles. The van der Waals surface area contributed by atoms with Gasteiger partial charge in [-0.3, -0.25) is 4.98 Å². The van der Waals surface area contributed by atoms with E-state index in [2.05, 4.69) is 32.3 Å². The van der Waals surface area contributed by atoms with Gasteiger partial charge in [0.25, 0.3) is 0 Å². The van der Waals surface area contributed by atoms with Crippen molar-refractivity contribution in [1.82, 2.24) is 4.98 Å². The Morgan fingerprint density at radius 2 is 1.90 bits per heavy atom. The van der Waals surface area contributed by atoms with Crippen LogP contribution in [-0.4, -0.2) is 4.98 Å². The Bertz CT molecular complexity index is 756. The molecule has 0 aliphatic heterocycles. The highest BCUT2D eigenvalue weighted by atomic mass is 79.9. The first kappa shape index (κ1) is 12.9. The second kappa shape index (κ2) is 5.51. The van der Waals surface area contributed by atoms with Crippen molar-refractivity contribution in [3.8, 4) is 0 Å². The lowest BCUT2D eigenvalue weighted by Crippen LogP contribution is -2.01. The summed E-state index contributed by atoms with van der Waals surface area (Å²) in [6.45, 7) is 0.745. The van der Waals surface area contributed by atoms with E-state index in [-0.39, 0.29) is 0 Å². The lowest BCUT2D eigenvalue weighted by atomic mass is 10.1. The number of nitrogen functional groups attached to an aromatic ring is 1. The molecule has 0 atom stereocenters. The quantitative estimate of drug-likeness (QED) is 0.709. The van der Waals surface area contributed by atoms with Gasteiger partial charge in [-0.1, -0.05) is 34.1 Å². The van der Waals surface area contributed by atoms with E-state index in [1.165, 1.54) is 5.56 Å². The molecule has 4 heteroatoms. The first-order valence-corrected chi connectivity index (χ1v) is 7.15. The fraction of sp³-hybridized carbons (Fsp3) is 0.0625. The van der Waals surface area contributed by atoms with Crippen molar-refractivity contribution in [2.24, 2.45) is 0 Å². The molecular weight excluding hydrogens is 314 g/mol. The van der Waals surface area contributed by atoms with Gasteiger partial charge in [0.05, 0.1) is 11.2 Å². The maximum atomic E-state index is 5.96. The van der Waals surface area contributed by atoms with Crippen LogP contribution in [0.3, 0.4) is 0 Å². The topological polar surface area (TPSA) is 50.9 Å². The summed E-state index contributed by atoms with van der Waals surface area (Å²) >= 11 is 3.56. The van der Waals surface area contributed by atoms with Gasteiger partial charge in [-0.2, -0.15) is 0 Å². The van der Waals surface area contributed by atoms with Crippen molar-refractivity contribution >= 4 is 38.2 Å². The molecule has 1 heterocycles. The summed E-state index contributed by atoms with van der Waals surface area (Å²) in [4.78, 5) is 4.34. The third kappa shape index (κ3) is 2.47. The number of fused-ring (bicyclic) bond motifs is 1. The maximum absolute atomic E-state index is 5.96. The van der Waals surface area contributed by atoms with E-state index in [1.54, 1.807) is 6.20 Å². The van der Waals surface area contributed by atoms with Crippen molar-refractivity contribution in [3.05, 3.63) is 64.8 Å². The Labute approximate surface area is 126 Å². The number of pyridine rings is 1. The van der Waals surface area contributed by atoms with E-state index < -0.39 is 0 Å². The van der Waals surface area contributed by atoms with Gasteiger partial charge >= 0.3 is 0 Å². The normalized spacial score (nSPS) is 10.7. The van der Waals surface area contributed by atoms with E-state index in [1.807, 2.05) is 42.5 Å². The molecule has 100 valence electrons. The highest BCUT2D eigenvalue weighted by Crippen LogP contribution is 2.27. The molecule has 3 nitrogen and oxygen atoms in total. The molecule has 0 unspecified atom stereocenters. The molecule has 0 saturated carbocycles. The monoisotopic (exact) mass is 327 g/mol. The molecule has 0 spiro atoms. The second-order valence-corrected chi connectivity index (χ2v) is 5.40. The minimum Gasteiger partial charge on any atom is -0.397 e. The van der Waals surface area contributed by atoms with Crippen LogP contribution in [0.5, 0.6) is 0 Å². The summed E-state index contributed by atoms with van der Waals surface area (Å²) in [6.07, 6.45) is 1.76. The van der Waals surface area contributed by atoms with E-state index in [9.17, 15) is 0 Å². The number of rotatable bonds is 3. The molecule has 2 aromatic carbocycles. The average Bonchev–Trinajstić information content (AvgIpc) is 2.48. The number of hydrogen-bond donors (Lipinski definition) is 2. The van der Waals surface area contributed by atoms with Crippen LogP contribution in [-0.2, 0) is 6.54 Å². The van der Waals surface area contributed by atoms with E-state index >= 15 is 0 Å². The van der Waals surface area contributed by atoms with Gasteiger partial charge in [0.2, 0.25) is 0 Å². The van der Waals surface area contributed by atoms with Crippen molar-refractivity contribution in [2.45, 2.75) is 6.54 Å². The largest absolute Gasteiger partial charge is 0.397 e. The van der Waals surface area contributed by atoms with E-state index in [0.29, 0.717) is 5.69 Å². The molecule has 0 radical (unpaired) electrons. The van der Waals surface area contributed by atoms with E-state index in [4.69, 9.17) is 5.73 Å². The zero-order valence-electron chi connectivity index (χ0n) is 10.8. The first-order valence-electron chi connectivity index (χ1n) is 6.36. The zero-order chi connectivity index (χ0) is 13.9. The SMILES string of the molecule is Nc1ccc(NCc2ccccc2Br)c2cccnc12. The summed E-state index contributed by atoms with van der Waals surface area (Å²) in [7, 11) is 0. The highest BCUT2D eigenvalue weighted by Gasteiger charge is 2.05. The van der Waals surface area contributed by atoms with Gasteiger partial charge in [-0.05, 0) is 35.9 Å². The van der Waals surface area contributed by atoms with Gasteiger partial charge < -0.3 is 11.1 Å². The molecule has 0 fully saturated rings. The van der Waals surface area contributed by atoms with Crippen LogP contribution in [0.15, 0.2) is 59.2 Å². The fourth-order valence-corrected chi connectivity index (χ4v) is 2.61. The van der Waals surface area contributed by atoms with Crippen LogP contribution in [0.25, 0.3) is 10.9 Å². The number of hydrogen-bond acceptors (Lipinski definition) is 3. The second-order valence-electron chi connectivity index (χ2n) is 4.55. The van der Waals surface area contributed by atoms with E-state index in [0.717, 1.165) is 27.6 Å². The third-order valence-electron chi connectivity index (χ3n) is 3.23. The number of aromatic nitrogens is 1. The lowest BCUT2D eigenvalue weighted by Gasteiger charge is -2.11. The van der Waals surface area contributed by atoms with Crippen molar-refractivity contribution in [2.75, 3.05) is 11.1 Å². The molecule has 3 N–H and O–H groups in total. The minimum atomic E-state index is 0.701. The summed E-state index contributed by atoms with van der Waals surface area (Å²) in [5, 5.41) is 4.49. The Kier molecular flexibility index (Phi) is 3.56. The lowest BCUT2D eigenvalue weighted by molar-refractivity contribution is 1.14. The van der Waals surface area contributed by atoms with Crippen LogP contribution in [0, 0.1) is 0 Å². The standard InChI is InChI=1S/C16H14BrN3/c17-13-6-2-1-4-11(13)10-20-15-8-7-14(18)16-12(15)5-3-9-19-16/h1-9,20H,10,18H2. The Hall–Kier alpha value is -2.07. The molecule has 0 aliphatic rings. The predicted molar refractivity (Wildman–Crippen MR) is 87.6 cm³/mol. The zero-order valence-corrected chi connectivity index (χ0v) is 12.4. The third-order valence-corrected chi connectivity index (χ3v) is 4.00. The summed E-state index contributed by atoms with van der Waals surface area (Å²) < 4.78 is 1.10. The number of nitrogens with two attached hydrogens (primary N) is 1. The van der Waals surface area contributed by atoms with Crippen LogP contribution >= 0.6 is 15.9 Å². The first-order chi connectivity index (χ1) is 9.75. The van der Waals surface area contributed by atoms with Crippen LogP contribution in [0.4, 0.5) is 11.4 Å². The average molecular weight is 328 g/mol. The molecule has 0 bridgehead atoms. The van der Waals surface area contributed by atoms with Gasteiger partial charge in [-0.25, -0.2) is 0 Å². The van der Waals surface area contributed by atoms with Gasteiger partial charge in [0, 0.05) is 28.3 Å². The molecule has 3 aromatic rings. The Morgan fingerprint density at radius 1 is 1.05 bits per heavy atom. The van der Waals surface area contributed by atoms with Crippen LogP contribution in [0.1, 0.15) is 5.56 Å². The van der Waals surface area contributed by atoms with Gasteiger partial charge in [0.1, 0.15) is 0 Å². The number of halogens is 1. The Balaban J connectivity index is 1.92. The minimum absolute atomic E-state index is 0.701. The fourth-order valence-electron chi connectivity index (χ4n) is 2.18. The van der Waals surface area contributed by atoms with Crippen molar-refractivity contribution in [3.63, 3.8) is 0 Å². The number of nitrogens with one attached hydrogen (secondary N) is 1. The van der Waals surface area contributed by atoms with Crippen LogP contribution in [0.2, 0.25) is 0 Å². The molecule has 0 amide bonds. The predicted octanol–water partition coefficient (Wildman–Crippen LogP) is 4.19. The maximum Gasteiger partial charge on any atom is 0.0951 e. The Morgan fingerprint density at radius 3 is 2.75 bits per heavy atom. The number of anilines is 2. The van der Waals surface area contributed by atoms with Crippen LogP contribution < -0.4 is 11.1 Å². The summed E-state index contributed by atoms with van der Waals surface area (Å²) in [5.41, 5.74) is 9.75. The molecule has 0 aliphatic carbocycles. The summed E-state index contributed by atoms with van der Waals surface area (Å²) in [5.74, 6) is 0. The number of benzene rings is 2. The molecule has 20 heavy (non-hydrogen) atoms. The smallest absolute Gasteiger partial charge is 0.0951 e. The summed E-state index contributed by atoms with van der Waals surface area (Å²) in [6, 6.07) is 16.0. The van der Waals surface area contributed by atoms with Crippen molar-refractivity contribution < 1.29 is 0 Å². The van der Waals surface area contributed by atoms with Gasteiger partial charge in [0.15, 0.2) is 0 Å². The molecular formula is C16H14BrN3. The molecule has 1 aromatic heterocycles. The number of nitrogens with zero attached hydrogens (tertiary/aromatic N) is 1.